The number of piperidine rings is 1. The lowest BCUT2D eigenvalue weighted by Crippen LogP contribution is -2.38. The fourth-order valence-corrected chi connectivity index (χ4v) is 5.16. The second-order valence-electron chi connectivity index (χ2n) is 9.32. The summed E-state index contributed by atoms with van der Waals surface area (Å²) in [6, 6.07) is 3.22. The highest BCUT2D eigenvalue weighted by molar-refractivity contribution is 6.34. The Bertz CT molecular complexity index is 953. The van der Waals surface area contributed by atoms with E-state index in [1.54, 1.807) is 11.0 Å². The molecule has 0 unspecified atom stereocenters. The van der Waals surface area contributed by atoms with Gasteiger partial charge in [0.15, 0.2) is 0 Å². The van der Waals surface area contributed by atoms with Crippen molar-refractivity contribution >= 4 is 29.3 Å². The number of nitrogens with zero attached hydrogens (tertiary/aromatic N) is 3. The number of hydrogen-bond acceptors (Lipinski definition) is 3. The normalized spacial score (nSPS) is 22.6. The molecule has 180 valence electrons. The average Bonchev–Trinajstić information content (AvgIpc) is 3.07. The summed E-state index contributed by atoms with van der Waals surface area (Å²) in [5.74, 6) is -3.21. The first-order valence-electron chi connectivity index (χ1n) is 11.3. The molecule has 4 rings (SSSR count). The number of hydrogen-bond donors (Lipinski definition) is 1. The monoisotopic (exact) mass is 484 g/mol. The highest BCUT2D eigenvalue weighted by atomic mass is 35.5. The van der Waals surface area contributed by atoms with Crippen molar-refractivity contribution in [1.29, 1.82) is 0 Å². The van der Waals surface area contributed by atoms with Crippen LogP contribution in [0, 0.1) is 5.92 Å². The molecule has 1 aliphatic carbocycles. The van der Waals surface area contributed by atoms with Gasteiger partial charge in [0.25, 0.3) is 11.8 Å². The summed E-state index contributed by atoms with van der Waals surface area (Å²) >= 11 is 6.38. The molecule has 2 N–H and O–H groups in total. The van der Waals surface area contributed by atoms with Crippen molar-refractivity contribution in [3.63, 3.8) is 0 Å². The Labute approximate surface area is 195 Å². The van der Waals surface area contributed by atoms with Crippen molar-refractivity contribution in [3.05, 3.63) is 33.8 Å². The molecule has 3 aliphatic rings. The number of amidine groups is 1. The highest BCUT2D eigenvalue weighted by Gasteiger charge is 2.38. The highest BCUT2D eigenvalue weighted by Crippen LogP contribution is 2.38. The van der Waals surface area contributed by atoms with E-state index in [1.165, 1.54) is 6.07 Å². The molecule has 2 fully saturated rings. The number of benzene rings is 1. The maximum absolute atomic E-state index is 13.4. The van der Waals surface area contributed by atoms with Crippen LogP contribution in [0.25, 0.3) is 0 Å². The third kappa shape index (κ3) is 5.69. The van der Waals surface area contributed by atoms with Gasteiger partial charge in [0.1, 0.15) is 12.0 Å². The summed E-state index contributed by atoms with van der Waals surface area (Å²) in [4.78, 5) is 32.6. The smallest absolute Gasteiger partial charge is 0.261 e. The van der Waals surface area contributed by atoms with Crippen LogP contribution in [0.15, 0.2) is 17.1 Å². The maximum atomic E-state index is 13.4. The van der Waals surface area contributed by atoms with Gasteiger partial charge in [-0.1, -0.05) is 11.6 Å². The van der Waals surface area contributed by atoms with Gasteiger partial charge < -0.3 is 10.6 Å². The van der Waals surface area contributed by atoms with Crippen molar-refractivity contribution < 1.29 is 22.8 Å². The molecule has 1 saturated heterocycles. The molecule has 1 aromatic carbocycles. The Morgan fingerprint density at radius 2 is 1.85 bits per heavy atom. The topological polar surface area (TPSA) is 79.0 Å². The minimum atomic E-state index is -2.61. The summed E-state index contributed by atoms with van der Waals surface area (Å²) in [6.07, 6.45) is 0.462. The van der Waals surface area contributed by atoms with Crippen LogP contribution in [0.2, 0.25) is 5.02 Å². The van der Waals surface area contributed by atoms with Crippen molar-refractivity contribution in [2.24, 2.45) is 16.6 Å². The molecule has 1 aromatic rings. The lowest BCUT2D eigenvalue weighted by atomic mass is 9.86. The third-order valence-electron chi connectivity index (χ3n) is 6.77. The molecule has 0 atom stereocenters. The van der Waals surface area contributed by atoms with Crippen LogP contribution in [0.4, 0.5) is 13.2 Å². The number of likely N-dealkylation sites (tertiary alicyclic amines) is 1. The fraction of sp³-hybridized carbons (Fsp3) is 0.609. The first-order valence-corrected chi connectivity index (χ1v) is 11.7. The molecule has 33 heavy (non-hydrogen) atoms. The molecule has 0 spiro atoms. The van der Waals surface area contributed by atoms with Gasteiger partial charge in [0, 0.05) is 44.6 Å². The molecule has 0 aromatic heterocycles. The number of aliphatic imine (C=N–C) groups is 1. The fourth-order valence-electron chi connectivity index (χ4n) is 4.84. The van der Waals surface area contributed by atoms with Gasteiger partial charge >= 0.3 is 0 Å². The van der Waals surface area contributed by atoms with Crippen LogP contribution < -0.4 is 5.73 Å². The van der Waals surface area contributed by atoms with Crippen LogP contribution in [0.3, 0.4) is 0 Å². The second-order valence-corrected chi connectivity index (χ2v) is 9.73. The molecule has 6 nitrogen and oxygen atoms in total. The molecule has 10 heteroatoms. The predicted molar refractivity (Wildman–Crippen MR) is 119 cm³/mol. The van der Waals surface area contributed by atoms with E-state index in [-0.39, 0.29) is 42.1 Å². The Morgan fingerprint density at radius 1 is 1.18 bits per heavy atom. The predicted octanol–water partition coefficient (Wildman–Crippen LogP) is 3.79. The number of carbonyl (C=O) groups is 2. The molecule has 2 aliphatic heterocycles. The van der Waals surface area contributed by atoms with Crippen LogP contribution in [-0.2, 0) is 11.3 Å². The van der Waals surface area contributed by atoms with Gasteiger partial charge in [-0.05, 0) is 49.3 Å². The van der Waals surface area contributed by atoms with Gasteiger partial charge in [-0.2, -0.15) is 4.99 Å². The van der Waals surface area contributed by atoms with E-state index in [4.69, 9.17) is 17.3 Å². The molecule has 0 bridgehead atoms. The number of amides is 2. The SMILES string of the molecule is NC(=NC(=O)CN1CCC(F)CC1)c1cc(Cl)c2c(c1)CN(CC1CCC(F)(F)CC1)C2=O. The summed E-state index contributed by atoms with van der Waals surface area (Å²) < 4.78 is 40.1. The zero-order valence-corrected chi connectivity index (χ0v) is 19.1. The van der Waals surface area contributed by atoms with E-state index in [2.05, 4.69) is 4.99 Å². The van der Waals surface area contributed by atoms with Crippen molar-refractivity contribution in [2.75, 3.05) is 26.2 Å². The minimum Gasteiger partial charge on any atom is -0.383 e. The van der Waals surface area contributed by atoms with Crippen LogP contribution in [-0.4, -0.2) is 65.7 Å². The molecule has 0 radical (unpaired) electrons. The van der Waals surface area contributed by atoms with Gasteiger partial charge in [-0.15, -0.1) is 0 Å². The first kappa shape index (κ1) is 24.0. The number of fused-ring (bicyclic) bond motifs is 1. The Kier molecular flexibility index (Phi) is 7.00. The summed E-state index contributed by atoms with van der Waals surface area (Å²) in [5.41, 5.74) is 7.56. The van der Waals surface area contributed by atoms with E-state index in [0.29, 0.717) is 68.6 Å². The van der Waals surface area contributed by atoms with Crippen molar-refractivity contribution in [2.45, 2.75) is 57.2 Å². The number of rotatable bonds is 5. The number of carbonyl (C=O) groups excluding carboxylic acids is 2. The average molecular weight is 485 g/mol. The molecule has 2 amide bonds. The van der Waals surface area contributed by atoms with E-state index < -0.39 is 18.0 Å². The first-order chi connectivity index (χ1) is 15.6. The van der Waals surface area contributed by atoms with E-state index in [0.717, 1.165) is 0 Å². The zero-order chi connectivity index (χ0) is 23.8. The van der Waals surface area contributed by atoms with Gasteiger partial charge in [0.2, 0.25) is 5.92 Å². The Morgan fingerprint density at radius 3 is 2.52 bits per heavy atom. The largest absolute Gasteiger partial charge is 0.383 e. The number of nitrogens with two attached hydrogens (primary N) is 1. The minimum absolute atomic E-state index is 0.00508. The van der Waals surface area contributed by atoms with E-state index in [1.807, 2.05) is 4.90 Å². The lowest BCUT2D eigenvalue weighted by molar-refractivity contribution is -0.119. The van der Waals surface area contributed by atoms with Crippen molar-refractivity contribution in [3.8, 4) is 0 Å². The zero-order valence-electron chi connectivity index (χ0n) is 18.3. The van der Waals surface area contributed by atoms with Crippen LogP contribution >= 0.6 is 11.6 Å². The van der Waals surface area contributed by atoms with Gasteiger partial charge in [-0.25, -0.2) is 13.2 Å². The van der Waals surface area contributed by atoms with E-state index in [9.17, 15) is 22.8 Å². The van der Waals surface area contributed by atoms with Gasteiger partial charge in [-0.3, -0.25) is 14.5 Å². The Hall–Kier alpha value is -2.13. The van der Waals surface area contributed by atoms with Gasteiger partial charge in [0.05, 0.1) is 17.1 Å². The van der Waals surface area contributed by atoms with Crippen LogP contribution in [0.1, 0.15) is 60.0 Å². The number of halogens is 4. The molecule has 2 heterocycles. The molecular formula is C23H28ClF3N4O2. The molecular weight excluding hydrogens is 457 g/mol. The Balaban J connectivity index is 1.41. The lowest BCUT2D eigenvalue weighted by Gasteiger charge is -2.30. The van der Waals surface area contributed by atoms with Crippen molar-refractivity contribution in [1.82, 2.24) is 9.80 Å². The second kappa shape index (κ2) is 9.62. The molecule has 1 saturated carbocycles. The quantitative estimate of drug-likeness (QED) is 0.509. The summed E-state index contributed by atoms with van der Waals surface area (Å²) in [7, 11) is 0. The summed E-state index contributed by atoms with van der Waals surface area (Å²) in [5, 5.41) is 0.223. The number of alkyl halides is 3. The maximum Gasteiger partial charge on any atom is 0.261 e. The van der Waals surface area contributed by atoms with E-state index >= 15 is 0 Å². The standard InChI is InChI=1S/C23H28ClF3N4O2/c24-18-10-15(21(28)29-19(32)13-30-7-3-17(25)4-8-30)9-16-12-31(22(33)20(16)18)11-14-1-5-23(26,27)6-2-14/h9-10,14,17H,1-8,11-13H2,(H2,28,29,32). The summed E-state index contributed by atoms with van der Waals surface area (Å²) in [6.45, 7) is 1.80. The third-order valence-corrected chi connectivity index (χ3v) is 7.06. The van der Waals surface area contributed by atoms with Crippen LogP contribution in [0.5, 0.6) is 0 Å².